The van der Waals surface area contributed by atoms with Crippen molar-refractivity contribution >= 4 is 12.0 Å². The lowest BCUT2D eigenvalue weighted by atomic mass is 10.0. The minimum absolute atomic E-state index is 0.131. The van der Waals surface area contributed by atoms with E-state index < -0.39 is 41.6 Å². The van der Waals surface area contributed by atoms with Crippen LogP contribution in [0.1, 0.15) is 50.4 Å². The lowest BCUT2D eigenvalue weighted by Gasteiger charge is -2.30. The standard InChI is InChI=1S/C26H32F3N3O4/c1-25(2,3)36-24(34)32-13-9-12-20(32)23(33)31(4)16-18-14-19(27)21(30-22(18)35-5)26(28,29)15-17-10-7-6-8-11-17/h6-8,10-11,14,20H,9,12-13,15-16H2,1-5H3. The van der Waals surface area contributed by atoms with Gasteiger partial charge in [-0.2, -0.15) is 8.78 Å². The molecule has 0 radical (unpaired) electrons. The Morgan fingerprint density at radius 2 is 1.86 bits per heavy atom. The second-order valence-electron chi connectivity index (χ2n) is 9.88. The van der Waals surface area contributed by atoms with Gasteiger partial charge in [0.2, 0.25) is 11.8 Å². The molecule has 10 heteroatoms. The second kappa shape index (κ2) is 10.8. The molecule has 0 spiro atoms. The maximum Gasteiger partial charge on any atom is 0.410 e. The van der Waals surface area contributed by atoms with Crippen LogP contribution in [0.5, 0.6) is 5.88 Å². The molecule has 1 aromatic carbocycles. The third-order valence-corrected chi connectivity index (χ3v) is 5.77. The van der Waals surface area contributed by atoms with Crippen molar-refractivity contribution in [1.29, 1.82) is 0 Å². The van der Waals surface area contributed by atoms with Gasteiger partial charge in [-0.25, -0.2) is 14.2 Å². The summed E-state index contributed by atoms with van der Waals surface area (Å²) in [6, 6.07) is 8.20. The number of amides is 2. The maximum absolute atomic E-state index is 14.9. The zero-order chi connectivity index (χ0) is 26.7. The average molecular weight is 508 g/mol. The van der Waals surface area contributed by atoms with Gasteiger partial charge in [0.1, 0.15) is 17.3 Å². The van der Waals surface area contributed by atoms with Crippen molar-refractivity contribution in [1.82, 2.24) is 14.8 Å². The minimum Gasteiger partial charge on any atom is -0.481 e. The number of hydrogen-bond donors (Lipinski definition) is 0. The Morgan fingerprint density at radius 3 is 2.47 bits per heavy atom. The number of methoxy groups -OCH3 is 1. The molecule has 1 fully saturated rings. The number of alkyl halides is 2. The molecule has 0 N–H and O–H groups in total. The Morgan fingerprint density at radius 1 is 1.19 bits per heavy atom. The van der Waals surface area contributed by atoms with E-state index >= 15 is 0 Å². The monoisotopic (exact) mass is 507 g/mol. The topological polar surface area (TPSA) is 72.0 Å². The van der Waals surface area contributed by atoms with Gasteiger partial charge in [0.15, 0.2) is 5.82 Å². The smallest absolute Gasteiger partial charge is 0.410 e. The normalized spacial score (nSPS) is 16.1. The SMILES string of the molecule is COc1nc(C(F)(F)Cc2ccccc2)c(F)cc1CN(C)C(=O)C1CCCN1C(=O)OC(C)(C)C. The third kappa shape index (κ3) is 6.47. The highest BCUT2D eigenvalue weighted by molar-refractivity contribution is 5.86. The van der Waals surface area contributed by atoms with Crippen LogP contribution in [-0.4, -0.2) is 59.1 Å². The quantitative estimate of drug-likeness (QED) is 0.532. The van der Waals surface area contributed by atoms with Crippen LogP contribution in [0, 0.1) is 5.82 Å². The predicted octanol–water partition coefficient (Wildman–Crippen LogP) is 4.92. The van der Waals surface area contributed by atoms with E-state index in [0.29, 0.717) is 24.9 Å². The largest absolute Gasteiger partial charge is 0.481 e. The lowest BCUT2D eigenvalue weighted by molar-refractivity contribution is -0.135. The highest BCUT2D eigenvalue weighted by atomic mass is 19.3. The number of aromatic nitrogens is 1. The van der Waals surface area contributed by atoms with Gasteiger partial charge in [0.05, 0.1) is 13.7 Å². The van der Waals surface area contributed by atoms with Crippen LogP contribution in [0.2, 0.25) is 0 Å². The van der Waals surface area contributed by atoms with Crippen LogP contribution >= 0.6 is 0 Å². The summed E-state index contributed by atoms with van der Waals surface area (Å²) in [5.41, 5.74) is -1.26. The van der Waals surface area contributed by atoms with Crippen LogP contribution in [0.4, 0.5) is 18.0 Å². The summed E-state index contributed by atoms with van der Waals surface area (Å²) in [5, 5.41) is 0. The number of carbonyl (C=O) groups is 2. The van der Waals surface area contributed by atoms with E-state index in [9.17, 15) is 22.8 Å². The summed E-state index contributed by atoms with van der Waals surface area (Å²) in [4.78, 5) is 32.2. The summed E-state index contributed by atoms with van der Waals surface area (Å²) in [6.45, 7) is 5.46. The molecule has 1 saturated heterocycles. The van der Waals surface area contributed by atoms with Crippen LogP contribution in [0.3, 0.4) is 0 Å². The van der Waals surface area contributed by atoms with Gasteiger partial charge in [0, 0.05) is 25.6 Å². The molecule has 1 unspecified atom stereocenters. The number of benzene rings is 1. The van der Waals surface area contributed by atoms with E-state index in [1.54, 1.807) is 39.0 Å². The number of likely N-dealkylation sites (N-methyl/N-ethyl adjacent to an activating group) is 1. The number of rotatable bonds is 7. The first-order chi connectivity index (χ1) is 16.8. The maximum atomic E-state index is 14.9. The van der Waals surface area contributed by atoms with E-state index in [0.717, 1.165) is 6.07 Å². The second-order valence-corrected chi connectivity index (χ2v) is 9.88. The molecule has 7 nitrogen and oxygen atoms in total. The minimum atomic E-state index is -3.57. The van der Waals surface area contributed by atoms with Gasteiger partial charge in [0.25, 0.3) is 5.92 Å². The zero-order valence-electron chi connectivity index (χ0n) is 21.2. The Kier molecular flexibility index (Phi) is 8.15. The number of halogens is 3. The number of pyridine rings is 1. The Hall–Kier alpha value is -3.30. The van der Waals surface area contributed by atoms with Gasteiger partial charge in [-0.3, -0.25) is 9.69 Å². The number of likely N-dealkylation sites (tertiary alicyclic amines) is 1. The third-order valence-electron chi connectivity index (χ3n) is 5.77. The van der Waals surface area contributed by atoms with Gasteiger partial charge in [-0.05, 0) is 45.2 Å². The van der Waals surface area contributed by atoms with E-state index in [1.807, 2.05) is 0 Å². The van der Waals surface area contributed by atoms with Gasteiger partial charge in [-0.15, -0.1) is 0 Å². The highest BCUT2D eigenvalue weighted by Gasteiger charge is 2.40. The van der Waals surface area contributed by atoms with E-state index in [1.165, 1.54) is 36.1 Å². The van der Waals surface area contributed by atoms with Crippen molar-refractivity contribution in [2.45, 2.75) is 64.1 Å². The molecule has 1 aromatic heterocycles. The number of nitrogens with zero attached hydrogens (tertiary/aromatic N) is 3. The fourth-order valence-corrected chi connectivity index (χ4v) is 4.14. The summed E-state index contributed by atoms with van der Waals surface area (Å²) < 4.78 is 55.3. The van der Waals surface area contributed by atoms with Gasteiger partial charge < -0.3 is 14.4 Å². The molecule has 2 heterocycles. The Labute approximate surface area is 209 Å². The van der Waals surface area contributed by atoms with Crippen molar-refractivity contribution in [2.24, 2.45) is 0 Å². The molecular formula is C26H32F3N3O4. The van der Waals surface area contributed by atoms with Crippen molar-refractivity contribution in [2.75, 3.05) is 20.7 Å². The molecule has 0 saturated carbocycles. The molecule has 1 aliphatic heterocycles. The summed E-state index contributed by atoms with van der Waals surface area (Å²) >= 11 is 0. The van der Waals surface area contributed by atoms with Crippen LogP contribution in [-0.2, 0) is 28.4 Å². The Bertz CT molecular complexity index is 1090. The molecule has 0 bridgehead atoms. The fraction of sp³-hybridized carbons (Fsp3) is 0.500. The zero-order valence-corrected chi connectivity index (χ0v) is 21.2. The molecule has 2 amide bonds. The van der Waals surface area contributed by atoms with E-state index in [-0.39, 0.29) is 23.9 Å². The molecule has 1 atom stereocenters. The number of ether oxygens (including phenoxy) is 2. The Balaban J connectivity index is 1.78. The molecular weight excluding hydrogens is 475 g/mol. The van der Waals surface area contributed by atoms with Crippen molar-refractivity contribution < 1.29 is 32.2 Å². The first-order valence-electron chi connectivity index (χ1n) is 11.7. The highest BCUT2D eigenvalue weighted by Crippen LogP contribution is 2.35. The van der Waals surface area contributed by atoms with Crippen molar-refractivity contribution in [3.8, 4) is 5.88 Å². The molecule has 36 heavy (non-hydrogen) atoms. The first-order valence-corrected chi connectivity index (χ1v) is 11.7. The van der Waals surface area contributed by atoms with Gasteiger partial charge >= 0.3 is 6.09 Å². The molecule has 0 aliphatic carbocycles. The van der Waals surface area contributed by atoms with Crippen LogP contribution in [0.15, 0.2) is 36.4 Å². The van der Waals surface area contributed by atoms with Crippen molar-refractivity contribution in [3.05, 3.63) is 59.0 Å². The molecule has 2 aromatic rings. The van der Waals surface area contributed by atoms with Gasteiger partial charge in [-0.1, -0.05) is 30.3 Å². The summed E-state index contributed by atoms with van der Waals surface area (Å²) in [7, 11) is 2.73. The summed E-state index contributed by atoms with van der Waals surface area (Å²) in [5.74, 6) is -5.34. The summed E-state index contributed by atoms with van der Waals surface area (Å²) in [6.07, 6.45) is -0.215. The molecule has 3 rings (SSSR count). The fourth-order valence-electron chi connectivity index (χ4n) is 4.14. The predicted molar refractivity (Wildman–Crippen MR) is 127 cm³/mol. The molecule has 1 aliphatic rings. The lowest BCUT2D eigenvalue weighted by Crippen LogP contribution is -2.47. The number of carbonyl (C=O) groups excluding carboxylic acids is 2. The molecule has 196 valence electrons. The first kappa shape index (κ1) is 27.3. The van der Waals surface area contributed by atoms with E-state index in [2.05, 4.69) is 4.98 Å². The van der Waals surface area contributed by atoms with Crippen LogP contribution in [0.25, 0.3) is 0 Å². The van der Waals surface area contributed by atoms with Crippen LogP contribution < -0.4 is 4.74 Å². The van der Waals surface area contributed by atoms with E-state index in [4.69, 9.17) is 9.47 Å². The average Bonchev–Trinajstić information content (AvgIpc) is 3.28. The van der Waals surface area contributed by atoms with Crippen molar-refractivity contribution in [3.63, 3.8) is 0 Å². The number of hydrogen-bond acceptors (Lipinski definition) is 5.